The summed E-state index contributed by atoms with van der Waals surface area (Å²) < 4.78 is 8.57. The molecule has 6 nitrogen and oxygen atoms in total. The van der Waals surface area contributed by atoms with Crippen molar-refractivity contribution in [2.75, 3.05) is 0 Å². The molecule has 3 heterocycles. The first-order valence-corrected chi connectivity index (χ1v) is 15.2. The van der Waals surface area contributed by atoms with Crippen LogP contribution < -0.4 is 0 Å². The normalized spacial score (nSPS) is 11.5. The van der Waals surface area contributed by atoms with Gasteiger partial charge >= 0.3 is 0 Å². The van der Waals surface area contributed by atoms with E-state index in [1.807, 2.05) is 91.0 Å². The highest BCUT2D eigenvalue weighted by Crippen LogP contribution is 2.40. The molecule has 216 valence electrons. The quantitative estimate of drug-likeness (QED) is 0.199. The first-order valence-electron chi connectivity index (χ1n) is 15.2. The predicted octanol–water partition coefficient (Wildman–Crippen LogP) is 9.78. The van der Waals surface area contributed by atoms with Crippen molar-refractivity contribution in [3.8, 4) is 51.3 Å². The third kappa shape index (κ3) is 4.27. The lowest BCUT2D eigenvalue weighted by atomic mass is 10.1. The first-order chi connectivity index (χ1) is 22.8. The summed E-state index contributed by atoms with van der Waals surface area (Å²) in [6.45, 7) is 0. The number of hydrogen-bond acceptors (Lipinski definition) is 5. The van der Waals surface area contributed by atoms with E-state index in [0.717, 1.165) is 60.8 Å². The molecule has 46 heavy (non-hydrogen) atoms. The van der Waals surface area contributed by atoms with Crippen molar-refractivity contribution in [2.24, 2.45) is 0 Å². The molecule has 0 atom stereocenters. The smallest absolute Gasteiger partial charge is 0.228 e. The van der Waals surface area contributed by atoms with Gasteiger partial charge in [-0.3, -0.25) is 0 Å². The maximum Gasteiger partial charge on any atom is 0.228 e. The van der Waals surface area contributed by atoms with E-state index in [4.69, 9.17) is 24.4 Å². The fraction of sp³-hybridized carbons (Fsp3) is 0. The SMILES string of the molecule is c1ccc(-c2nc(-c3ccccc3)nc(-c3ccccc3-n3c4ccccc4c4c(-c5nc6ccccc6o5)cccc43)n2)cc1. The van der Waals surface area contributed by atoms with Crippen LogP contribution in [0.25, 0.3) is 84.2 Å². The molecule has 0 aliphatic heterocycles. The minimum absolute atomic E-state index is 0.598. The van der Waals surface area contributed by atoms with E-state index < -0.39 is 0 Å². The van der Waals surface area contributed by atoms with Crippen molar-refractivity contribution in [1.82, 2.24) is 24.5 Å². The highest BCUT2D eigenvalue weighted by Gasteiger charge is 2.22. The lowest BCUT2D eigenvalue weighted by molar-refractivity contribution is 0.620. The summed E-state index contributed by atoms with van der Waals surface area (Å²) in [4.78, 5) is 19.9. The molecule has 0 aliphatic rings. The van der Waals surface area contributed by atoms with Crippen LogP contribution in [0.1, 0.15) is 0 Å². The molecule has 3 aromatic heterocycles. The average molecular weight is 592 g/mol. The number of fused-ring (bicyclic) bond motifs is 4. The number of hydrogen-bond donors (Lipinski definition) is 0. The van der Waals surface area contributed by atoms with Gasteiger partial charge in [-0.1, -0.05) is 109 Å². The van der Waals surface area contributed by atoms with Gasteiger partial charge in [-0.2, -0.15) is 0 Å². The van der Waals surface area contributed by atoms with Crippen LogP contribution in [0, 0.1) is 0 Å². The van der Waals surface area contributed by atoms with E-state index in [-0.39, 0.29) is 0 Å². The monoisotopic (exact) mass is 591 g/mol. The van der Waals surface area contributed by atoms with Gasteiger partial charge in [0.15, 0.2) is 23.1 Å². The Morgan fingerprint density at radius 1 is 0.435 bits per heavy atom. The van der Waals surface area contributed by atoms with Gasteiger partial charge in [0.05, 0.1) is 16.7 Å². The maximum atomic E-state index is 6.28. The standard InChI is InChI=1S/C40H25N5O/c1-3-14-26(15-4-1)37-42-38(27-16-5-2-6-17-27)44-39(43-37)29-19-8-11-23-33(29)45-32-22-10-7-18-28(32)36-30(20-13-24-34(36)45)40-41-31-21-9-12-25-35(31)46-40/h1-25H. The van der Waals surface area contributed by atoms with Crippen LogP contribution in [0.15, 0.2) is 156 Å². The number of rotatable bonds is 5. The number of para-hydroxylation sites is 4. The van der Waals surface area contributed by atoms with Crippen LogP contribution in [0.4, 0.5) is 0 Å². The zero-order valence-corrected chi connectivity index (χ0v) is 24.6. The summed E-state index contributed by atoms with van der Waals surface area (Å²) in [5.74, 6) is 2.45. The highest BCUT2D eigenvalue weighted by molar-refractivity contribution is 6.15. The molecule has 0 bridgehead atoms. The van der Waals surface area contributed by atoms with Crippen LogP contribution in [-0.2, 0) is 0 Å². The Morgan fingerprint density at radius 2 is 1.02 bits per heavy atom. The van der Waals surface area contributed by atoms with Crippen LogP contribution in [0.3, 0.4) is 0 Å². The van der Waals surface area contributed by atoms with Crippen LogP contribution >= 0.6 is 0 Å². The fourth-order valence-electron chi connectivity index (χ4n) is 6.23. The molecule has 6 aromatic carbocycles. The summed E-state index contributed by atoms with van der Waals surface area (Å²) in [5, 5.41) is 2.18. The van der Waals surface area contributed by atoms with E-state index in [1.165, 1.54) is 0 Å². The Bertz CT molecular complexity index is 2440. The molecule has 0 saturated heterocycles. The Hall–Kier alpha value is -6.40. The van der Waals surface area contributed by atoms with Gasteiger partial charge in [-0.25, -0.2) is 19.9 Å². The van der Waals surface area contributed by atoms with Crippen molar-refractivity contribution in [3.63, 3.8) is 0 Å². The van der Waals surface area contributed by atoms with Gasteiger partial charge in [-0.05, 0) is 42.5 Å². The minimum atomic E-state index is 0.598. The molecule has 0 spiro atoms. The van der Waals surface area contributed by atoms with Crippen molar-refractivity contribution >= 4 is 32.9 Å². The van der Waals surface area contributed by atoms with Crippen LogP contribution in [0.2, 0.25) is 0 Å². The number of aromatic nitrogens is 5. The van der Waals surface area contributed by atoms with Crippen molar-refractivity contribution in [3.05, 3.63) is 152 Å². The third-order valence-electron chi connectivity index (χ3n) is 8.31. The molecule has 9 aromatic rings. The Morgan fingerprint density at radius 3 is 1.78 bits per heavy atom. The van der Waals surface area contributed by atoms with E-state index in [9.17, 15) is 0 Å². The first kappa shape index (κ1) is 26.0. The van der Waals surface area contributed by atoms with Gasteiger partial charge in [0, 0.05) is 33.0 Å². The van der Waals surface area contributed by atoms with E-state index in [2.05, 4.69) is 65.2 Å². The molecular formula is C40H25N5O. The van der Waals surface area contributed by atoms with Crippen molar-refractivity contribution < 1.29 is 4.42 Å². The zero-order valence-electron chi connectivity index (χ0n) is 24.6. The predicted molar refractivity (Wildman–Crippen MR) is 183 cm³/mol. The number of nitrogens with zero attached hydrogens (tertiary/aromatic N) is 5. The Kier molecular flexibility index (Phi) is 6.03. The highest BCUT2D eigenvalue weighted by atomic mass is 16.3. The van der Waals surface area contributed by atoms with Gasteiger partial charge in [0.1, 0.15) is 5.52 Å². The maximum absolute atomic E-state index is 6.28. The lowest BCUT2D eigenvalue weighted by Crippen LogP contribution is -2.03. The van der Waals surface area contributed by atoms with Gasteiger partial charge in [-0.15, -0.1) is 0 Å². The second-order valence-corrected chi connectivity index (χ2v) is 11.1. The molecule has 6 heteroatoms. The number of benzene rings is 6. The van der Waals surface area contributed by atoms with Crippen LogP contribution in [-0.4, -0.2) is 24.5 Å². The molecule has 0 amide bonds. The molecule has 0 fully saturated rings. The molecule has 0 aliphatic carbocycles. The van der Waals surface area contributed by atoms with Gasteiger partial charge in [0.2, 0.25) is 5.89 Å². The molecule has 9 rings (SSSR count). The Balaban J connectivity index is 1.31. The largest absolute Gasteiger partial charge is 0.436 e. The molecule has 0 radical (unpaired) electrons. The minimum Gasteiger partial charge on any atom is -0.436 e. The summed E-state index contributed by atoms with van der Waals surface area (Å²) in [6, 6.07) is 51.0. The average Bonchev–Trinajstić information content (AvgIpc) is 3.72. The second kappa shape index (κ2) is 10.6. The second-order valence-electron chi connectivity index (χ2n) is 11.1. The molecule has 0 unspecified atom stereocenters. The zero-order chi connectivity index (χ0) is 30.5. The van der Waals surface area contributed by atoms with E-state index in [0.29, 0.717) is 23.4 Å². The molecular weight excluding hydrogens is 566 g/mol. The Labute approximate surface area is 264 Å². The van der Waals surface area contributed by atoms with E-state index in [1.54, 1.807) is 0 Å². The topological polar surface area (TPSA) is 69.6 Å². The van der Waals surface area contributed by atoms with Crippen LogP contribution in [0.5, 0.6) is 0 Å². The summed E-state index contributed by atoms with van der Waals surface area (Å²) in [6.07, 6.45) is 0. The van der Waals surface area contributed by atoms with Gasteiger partial charge < -0.3 is 8.98 Å². The summed E-state index contributed by atoms with van der Waals surface area (Å²) >= 11 is 0. The molecule has 0 saturated carbocycles. The summed E-state index contributed by atoms with van der Waals surface area (Å²) in [7, 11) is 0. The lowest BCUT2D eigenvalue weighted by Gasteiger charge is -2.14. The van der Waals surface area contributed by atoms with Gasteiger partial charge in [0.25, 0.3) is 0 Å². The molecule has 0 N–H and O–H groups in total. The number of oxazole rings is 1. The van der Waals surface area contributed by atoms with Crippen molar-refractivity contribution in [1.29, 1.82) is 0 Å². The summed E-state index contributed by atoms with van der Waals surface area (Å²) in [5.41, 5.74) is 8.37. The van der Waals surface area contributed by atoms with Crippen molar-refractivity contribution in [2.45, 2.75) is 0 Å². The third-order valence-corrected chi connectivity index (χ3v) is 8.31. The van der Waals surface area contributed by atoms with E-state index >= 15 is 0 Å². The fourth-order valence-corrected chi connectivity index (χ4v) is 6.23.